The lowest BCUT2D eigenvalue weighted by Gasteiger charge is -2.23. The van der Waals surface area contributed by atoms with E-state index in [0.717, 1.165) is 30.9 Å². The molecule has 0 spiro atoms. The molecule has 1 atom stereocenters. The Kier molecular flexibility index (Phi) is 11.0. The Morgan fingerprint density at radius 3 is 2.17 bits per heavy atom. The number of carboxylic acids is 2. The van der Waals surface area contributed by atoms with E-state index in [9.17, 15) is 30.7 Å². The first-order valence-corrected chi connectivity index (χ1v) is 11.2. The largest absolute Gasteiger partial charge is 0.490 e. The minimum atomic E-state index is -5.08. The van der Waals surface area contributed by atoms with Gasteiger partial charge in [0.25, 0.3) is 5.88 Å². The first-order chi connectivity index (χ1) is 18.6. The van der Waals surface area contributed by atoms with E-state index in [2.05, 4.69) is 33.2 Å². The van der Waals surface area contributed by atoms with Crippen LogP contribution < -0.4 is 4.74 Å². The predicted molar refractivity (Wildman–Crippen MR) is 120 cm³/mol. The van der Waals surface area contributed by atoms with E-state index in [1.54, 1.807) is 12.3 Å². The van der Waals surface area contributed by atoms with Crippen molar-refractivity contribution >= 4 is 11.9 Å². The van der Waals surface area contributed by atoms with Gasteiger partial charge >= 0.3 is 24.3 Å². The fourth-order valence-electron chi connectivity index (χ4n) is 3.22. The highest BCUT2D eigenvalue weighted by Crippen LogP contribution is 2.20. The Hall–Kier alpha value is -4.22. The van der Waals surface area contributed by atoms with E-state index in [1.165, 1.54) is 12.3 Å². The average molecular weight is 584 g/mol. The van der Waals surface area contributed by atoms with Crippen LogP contribution in [0.2, 0.25) is 0 Å². The van der Waals surface area contributed by atoms with Crippen molar-refractivity contribution in [2.45, 2.75) is 51.6 Å². The Labute approximate surface area is 221 Å². The van der Waals surface area contributed by atoms with Crippen molar-refractivity contribution in [2.75, 3.05) is 6.54 Å². The van der Waals surface area contributed by atoms with Crippen LogP contribution in [0.1, 0.15) is 18.2 Å². The van der Waals surface area contributed by atoms with Crippen LogP contribution >= 0.6 is 0 Å². The van der Waals surface area contributed by atoms with E-state index in [-0.39, 0.29) is 12.0 Å². The van der Waals surface area contributed by atoms with Crippen LogP contribution in [0.25, 0.3) is 0 Å². The average Bonchev–Trinajstić information content (AvgIpc) is 3.45. The molecule has 0 aliphatic carbocycles. The van der Waals surface area contributed by atoms with E-state index in [4.69, 9.17) is 24.5 Å². The number of hydrogen-bond donors (Lipinski definition) is 2. The molecule has 40 heavy (non-hydrogen) atoms. The molecular weight excluding hydrogens is 561 g/mol. The lowest BCUT2D eigenvalue weighted by molar-refractivity contribution is -0.193. The second kappa shape index (κ2) is 13.7. The standard InChI is InChI=1S/C18H21FN6O.2C2HF3O2/c1-2-24-10-14(8-22-24)9-23-11-15-5-7-21-25(15)13-16(12-23)26-18-17(19)4-3-6-20-18;2*3-2(4,5)1(6)7/h3-8,10,16H,2,9,11-13H2,1H3;2*(H,6,7). The lowest BCUT2D eigenvalue weighted by atomic mass is 10.2. The summed E-state index contributed by atoms with van der Waals surface area (Å²) in [5.74, 6) is -5.93. The molecule has 1 aliphatic heterocycles. The Balaban J connectivity index is 0.000000333. The van der Waals surface area contributed by atoms with Gasteiger partial charge in [-0.1, -0.05) is 0 Å². The van der Waals surface area contributed by atoms with Crippen LogP contribution in [-0.2, 0) is 35.8 Å². The van der Waals surface area contributed by atoms with E-state index in [0.29, 0.717) is 13.1 Å². The van der Waals surface area contributed by atoms with Crippen LogP contribution in [0.15, 0.2) is 43.0 Å². The number of fused-ring (bicyclic) bond motifs is 1. The van der Waals surface area contributed by atoms with E-state index in [1.807, 2.05) is 21.6 Å². The first-order valence-electron chi connectivity index (χ1n) is 11.2. The molecular formula is C22H23F7N6O5. The highest BCUT2D eigenvalue weighted by atomic mass is 19.4. The Bertz CT molecular complexity index is 1240. The van der Waals surface area contributed by atoms with Gasteiger partial charge in [0.2, 0.25) is 0 Å². The highest BCUT2D eigenvalue weighted by Gasteiger charge is 2.38. The van der Waals surface area contributed by atoms with Crippen LogP contribution in [-0.4, -0.2) is 76.6 Å². The van der Waals surface area contributed by atoms with Crippen molar-refractivity contribution in [1.82, 2.24) is 29.4 Å². The van der Waals surface area contributed by atoms with Crippen LogP contribution in [0.4, 0.5) is 30.7 Å². The summed E-state index contributed by atoms with van der Waals surface area (Å²) in [6, 6.07) is 4.92. The number of aryl methyl sites for hydroxylation is 1. The number of nitrogens with zero attached hydrogens (tertiary/aromatic N) is 6. The van der Waals surface area contributed by atoms with Crippen LogP contribution in [0.5, 0.6) is 5.88 Å². The fraction of sp³-hybridized carbons (Fsp3) is 0.409. The number of carbonyl (C=O) groups is 2. The molecule has 0 aromatic carbocycles. The van der Waals surface area contributed by atoms with Gasteiger partial charge in [-0.15, -0.1) is 0 Å². The summed E-state index contributed by atoms with van der Waals surface area (Å²) < 4.78 is 87.1. The number of carboxylic acid groups (broad SMARTS) is 2. The number of ether oxygens (including phenoxy) is 1. The summed E-state index contributed by atoms with van der Waals surface area (Å²) in [7, 11) is 0. The third kappa shape index (κ3) is 10.2. The van der Waals surface area contributed by atoms with Gasteiger partial charge < -0.3 is 14.9 Å². The number of hydrogen-bond acceptors (Lipinski definition) is 7. The molecule has 1 aliphatic rings. The molecule has 3 aromatic heterocycles. The molecule has 18 heteroatoms. The number of halogens is 7. The smallest absolute Gasteiger partial charge is 0.475 e. The van der Waals surface area contributed by atoms with Crippen molar-refractivity contribution in [1.29, 1.82) is 0 Å². The van der Waals surface area contributed by atoms with Gasteiger partial charge in [-0.3, -0.25) is 14.3 Å². The third-order valence-corrected chi connectivity index (χ3v) is 4.93. The predicted octanol–water partition coefficient (Wildman–Crippen LogP) is 3.36. The molecule has 0 amide bonds. The molecule has 11 nitrogen and oxygen atoms in total. The van der Waals surface area contributed by atoms with Crippen molar-refractivity contribution in [2.24, 2.45) is 0 Å². The number of rotatable bonds is 5. The zero-order valence-electron chi connectivity index (χ0n) is 20.6. The second-order valence-corrected chi connectivity index (χ2v) is 8.01. The minimum Gasteiger partial charge on any atom is -0.475 e. The van der Waals surface area contributed by atoms with Crippen molar-refractivity contribution in [3.05, 3.63) is 60.1 Å². The first kappa shape index (κ1) is 32.0. The third-order valence-electron chi connectivity index (χ3n) is 4.93. The summed E-state index contributed by atoms with van der Waals surface area (Å²) in [6.07, 6.45) is -3.16. The SMILES string of the molecule is CCn1cc(CN2Cc3ccnn3CC(Oc3ncccc3F)C2)cn1.O=C(O)C(F)(F)F.O=C(O)C(F)(F)F. The van der Waals surface area contributed by atoms with Gasteiger partial charge in [-0.2, -0.15) is 36.5 Å². The summed E-state index contributed by atoms with van der Waals surface area (Å²) >= 11 is 0. The van der Waals surface area contributed by atoms with E-state index >= 15 is 0 Å². The number of alkyl halides is 6. The minimum absolute atomic E-state index is 0.0341. The van der Waals surface area contributed by atoms with Gasteiger partial charge in [0, 0.05) is 50.3 Å². The molecule has 2 N–H and O–H groups in total. The van der Waals surface area contributed by atoms with Crippen molar-refractivity contribution in [3.8, 4) is 5.88 Å². The van der Waals surface area contributed by atoms with Gasteiger partial charge in [0.15, 0.2) is 5.82 Å². The summed E-state index contributed by atoms with van der Waals surface area (Å²) in [4.78, 5) is 24.1. The molecule has 0 fully saturated rings. The summed E-state index contributed by atoms with van der Waals surface area (Å²) in [5, 5.41) is 23.0. The van der Waals surface area contributed by atoms with Crippen molar-refractivity contribution < 1.29 is 55.3 Å². The Morgan fingerprint density at radius 1 is 1.02 bits per heavy atom. The van der Waals surface area contributed by atoms with Crippen LogP contribution in [0.3, 0.4) is 0 Å². The molecule has 0 radical (unpaired) electrons. The maximum atomic E-state index is 13.9. The zero-order chi connectivity index (χ0) is 30.1. The molecule has 220 valence electrons. The summed E-state index contributed by atoms with van der Waals surface area (Å²) in [6.45, 7) is 5.61. The topological polar surface area (TPSA) is 136 Å². The molecule has 0 saturated heterocycles. The van der Waals surface area contributed by atoms with Gasteiger partial charge in [-0.25, -0.2) is 19.0 Å². The molecule has 0 bridgehead atoms. The highest BCUT2D eigenvalue weighted by molar-refractivity contribution is 5.73. The fourth-order valence-corrected chi connectivity index (χ4v) is 3.22. The number of aliphatic carboxylic acids is 2. The number of aromatic nitrogens is 5. The zero-order valence-corrected chi connectivity index (χ0v) is 20.6. The maximum Gasteiger partial charge on any atom is 0.490 e. The van der Waals surface area contributed by atoms with Gasteiger partial charge in [0.1, 0.15) is 6.10 Å². The molecule has 4 heterocycles. The molecule has 3 aromatic rings. The van der Waals surface area contributed by atoms with Gasteiger partial charge in [-0.05, 0) is 25.1 Å². The Morgan fingerprint density at radius 2 is 1.65 bits per heavy atom. The maximum absolute atomic E-state index is 13.9. The normalized spacial score (nSPS) is 15.4. The summed E-state index contributed by atoms with van der Waals surface area (Å²) in [5.41, 5.74) is 2.25. The quantitative estimate of drug-likeness (QED) is 0.433. The number of pyridine rings is 1. The van der Waals surface area contributed by atoms with Crippen LogP contribution in [0, 0.1) is 5.82 Å². The lowest BCUT2D eigenvalue weighted by Crippen LogP contribution is -2.35. The monoisotopic (exact) mass is 584 g/mol. The second-order valence-electron chi connectivity index (χ2n) is 8.01. The van der Waals surface area contributed by atoms with E-state index < -0.39 is 30.1 Å². The molecule has 4 rings (SSSR count). The molecule has 0 saturated carbocycles. The van der Waals surface area contributed by atoms with Gasteiger partial charge in [0.05, 0.1) is 18.4 Å². The molecule has 1 unspecified atom stereocenters. The van der Waals surface area contributed by atoms with Crippen molar-refractivity contribution in [3.63, 3.8) is 0 Å².